The van der Waals surface area contributed by atoms with Crippen LogP contribution in [-0.2, 0) is 0 Å². The second-order valence-electron chi connectivity index (χ2n) is 3.75. The van der Waals surface area contributed by atoms with Gasteiger partial charge in [-0.3, -0.25) is 4.98 Å². The van der Waals surface area contributed by atoms with E-state index in [1.165, 1.54) is 6.07 Å². The minimum Gasteiger partial charge on any atom is -0.485 e. The number of anilines is 1. The summed E-state index contributed by atoms with van der Waals surface area (Å²) >= 11 is 0. The Kier molecular flexibility index (Phi) is 3.13. The van der Waals surface area contributed by atoms with Crippen molar-refractivity contribution in [1.29, 1.82) is 0 Å². The van der Waals surface area contributed by atoms with E-state index in [0.717, 1.165) is 6.07 Å². The van der Waals surface area contributed by atoms with Gasteiger partial charge in [0.2, 0.25) is 0 Å². The zero-order valence-electron chi connectivity index (χ0n) is 9.25. The molecular weight excluding hydrogens is 272 g/mol. The van der Waals surface area contributed by atoms with Gasteiger partial charge in [-0.05, 0) is 0 Å². The average Bonchev–Trinajstić information content (AvgIpc) is 2.65. The summed E-state index contributed by atoms with van der Waals surface area (Å²) in [5, 5.41) is 0. The largest absolute Gasteiger partial charge is 0.485 e. The number of aromatic nitrogens is 1. The molecule has 9 heteroatoms. The van der Waals surface area contributed by atoms with Crippen molar-refractivity contribution in [2.45, 2.75) is 12.3 Å². The predicted octanol–water partition coefficient (Wildman–Crippen LogP) is 1.98. The summed E-state index contributed by atoms with van der Waals surface area (Å²) in [6.45, 7) is -1.53. The Hall–Kier alpha value is -2.19. The molecule has 0 atom stereocenters. The van der Waals surface area contributed by atoms with E-state index in [2.05, 4.69) is 14.1 Å². The molecule has 1 aromatic carbocycles. The fraction of sp³-hybridized carbons (Fsp3) is 0.300. The Balaban J connectivity index is 2.25. The van der Waals surface area contributed by atoms with Gasteiger partial charge >= 0.3 is 18.1 Å². The van der Waals surface area contributed by atoms with Crippen LogP contribution in [0.2, 0.25) is 0 Å². The average molecular weight is 280 g/mol. The standard InChI is InChI=1S/C10H8F4N2O3/c11-8(12)10(13,14)3-18-6-2-5-7(1-4(6)15)19-9(17)16-5/h1-2,8H,3,15H2,(H,16,17). The number of hydrogen-bond acceptors (Lipinski definition) is 4. The molecule has 19 heavy (non-hydrogen) atoms. The highest BCUT2D eigenvalue weighted by atomic mass is 19.3. The van der Waals surface area contributed by atoms with Crippen LogP contribution in [0.4, 0.5) is 23.2 Å². The molecule has 0 unspecified atom stereocenters. The van der Waals surface area contributed by atoms with E-state index in [9.17, 15) is 22.4 Å². The topological polar surface area (TPSA) is 81.2 Å². The van der Waals surface area contributed by atoms with Gasteiger partial charge in [0.05, 0.1) is 11.2 Å². The number of aromatic amines is 1. The van der Waals surface area contributed by atoms with Gasteiger partial charge in [0.25, 0.3) is 0 Å². The second kappa shape index (κ2) is 4.48. The van der Waals surface area contributed by atoms with E-state index in [1.807, 2.05) is 0 Å². The molecule has 0 aliphatic heterocycles. The summed E-state index contributed by atoms with van der Waals surface area (Å²) in [7, 11) is 0. The third kappa shape index (κ3) is 2.64. The summed E-state index contributed by atoms with van der Waals surface area (Å²) < 4.78 is 58.5. The summed E-state index contributed by atoms with van der Waals surface area (Å²) in [4.78, 5) is 13.1. The first-order valence-electron chi connectivity index (χ1n) is 5.01. The molecule has 104 valence electrons. The fourth-order valence-electron chi connectivity index (χ4n) is 1.36. The third-order valence-electron chi connectivity index (χ3n) is 2.29. The molecule has 2 aromatic rings. The predicted molar refractivity (Wildman–Crippen MR) is 57.7 cm³/mol. The molecule has 0 spiro atoms. The van der Waals surface area contributed by atoms with Crippen molar-refractivity contribution in [3.8, 4) is 5.75 Å². The van der Waals surface area contributed by atoms with Crippen molar-refractivity contribution >= 4 is 16.8 Å². The lowest BCUT2D eigenvalue weighted by atomic mass is 10.2. The van der Waals surface area contributed by atoms with Gasteiger partial charge in [-0.2, -0.15) is 8.78 Å². The SMILES string of the molecule is Nc1cc2oc(=O)[nH]c2cc1OCC(F)(F)C(F)F. The molecule has 2 rings (SSSR count). The summed E-state index contributed by atoms with van der Waals surface area (Å²) in [5.41, 5.74) is 5.63. The highest BCUT2D eigenvalue weighted by molar-refractivity contribution is 5.80. The van der Waals surface area contributed by atoms with Gasteiger partial charge < -0.3 is 14.9 Å². The number of benzene rings is 1. The molecule has 0 fully saturated rings. The maximum Gasteiger partial charge on any atom is 0.417 e. The van der Waals surface area contributed by atoms with Gasteiger partial charge in [-0.15, -0.1) is 0 Å². The smallest absolute Gasteiger partial charge is 0.417 e. The minimum absolute atomic E-state index is 0.107. The van der Waals surface area contributed by atoms with E-state index >= 15 is 0 Å². The second-order valence-corrected chi connectivity index (χ2v) is 3.75. The van der Waals surface area contributed by atoms with E-state index in [0.29, 0.717) is 0 Å². The minimum atomic E-state index is -4.29. The van der Waals surface area contributed by atoms with Gasteiger partial charge in [0, 0.05) is 12.1 Å². The molecule has 3 N–H and O–H groups in total. The molecule has 1 aromatic heterocycles. The number of rotatable bonds is 4. The van der Waals surface area contributed by atoms with Crippen LogP contribution >= 0.6 is 0 Å². The van der Waals surface area contributed by atoms with Crippen molar-refractivity contribution in [1.82, 2.24) is 4.98 Å². The molecule has 0 amide bonds. The number of hydrogen-bond donors (Lipinski definition) is 2. The van der Waals surface area contributed by atoms with Gasteiger partial charge in [-0.25, -0.2) is 13.6 Å². The van der Waals surface area contributed by atoms with Crippen molar-refractivity contribution in [3.63, 3.8) is 0 Å². The normalized spacial score (nSPS) is 12.3. The molecule has 1 heterocycles. The van der Waals surface area contributed by atoms with Crippen LogP contribution in [0.1, 0.15) is 0 Å². The molecular formula is C10H8F4N2O3. The Labute approximate surface area is 102 Å². The van der Waals surface area contributed by atoms with Crippen LogP contribution < -0.4 is 16.2 Å². The quantitative estimate of drug-likeness (QED) is 0.662. The first-order chi connectivity index (χ1) is 8.79. The molecule has 0 aliphatic rings. The zero-order chi connectivity index (χ0) is 14.2. The molecule has 0 bridgehead atoms. The Morgan fingerprint density at radius 2 is 2.11 bits per heavy atom. The number of nitrogen functional groups attached to an aromatic ring is 1. The first-order valence-corrected chi connectivity index (χ1v) is 5.01. The Bertz CT molecular complexity index is 650. The number of nitrogens with two attached hydrogens (primary N) is 1. The van der Waals surface area contributed by atoms with Gasteiger partial charge in [0.15, 0.2) is 12.2 Å². The number of halogens is 4. The monoisotopic (exact) mass is 280 g/mol. The molecule has 5 nitrogen and oxygen atoms in total. The lowest BCUT2D eigenvalue weighted by Gasteiger charge is -2.16. The Morgan fingerprint density at radius 3 is 2.74 bits per heavy atom. The number of nitrogens with one attached hydrogen (secondary N) is 1. The summed E-state index contributed by atoms with van der Waals surface area (Å²) in [5.74, 6) is -5.29. The van der Waals surface area contributed by atoms with Crippen LogP contribution in [0.3, 0.4) is 0 Å². The molecule has 0 aliphatic carbocycles. The summed E-state index contributed by atoms with van der Waals surface area (Å²) in [6, 6.07) is 2.29. The number of ether oxygens (including phenoxy) is 1. The summed E-state index contributed by atoms with van der Waals surface area (Å²) in [6.07, 6.45) is -3.84. The van der Waals surface area contributed by atoms with Crippen LogP contribution in [-0.4, -0.2) is 23.9 Å². The Morgan fingerprint density at radius 1 is 1.42 bits per heavy atom. The number of alkyl halides is 4. The van der Waals surface area contributed by atoms with Crippen molar-refractivity contribution < 1.29 is 26.7 Å². The third-order valence-corrected chi connectivity index (χ3v) is 2.29. The first kappa shape index (κ1) is 13.2. The molecule has 0 saturated heterocycles. The fourth-order valence-corrected chi connectivity index (χ4v) is 1.36. The highest BCUT2D eigenvalue weighted by Gasteiger charge is 2.41. The van der Waals surface area contributed by atoms with Crippen molar-refractivity contribution in [2.24, 2.45) is 0 Å². The molecule has 0 saturated carbocycles. The lowest BCUT2D eigenvalue weighted by molar-refractivity contribution is -0.148. The van der Waals surface area contributed by atoms with Crippen molar-refractivity contribution in [3.05, 3.63) is 22.7 Å². The van der Waals surface area contributed by atoms with Gasteiger partial charge in [0.1, 0.15) is 5.75 Å². The van der Waals surface area contributed by atoms with E-state index in [4.69, 9.17) is 5.73 Å². The molecule has 0 radical (unpaired) electrons. The van der Waals surface area contributed by atoms with Crippen LogP contribution in [0.25, 0.3) is 11.1 Å². The lowest BCUT2D eigenvalue weighted by Crippen LogP contribution is -2.33. The number of fused-ring (bicyclic) bond motifs is 1. The zero-order valence-corrected chi connectivity index (χ0v) is 9.25. The number of H-pyrrole nitrogens is 1. The maximum atomic E-state index is 12.7. The highest BCUT2D eigenvalue weighted by Crippen LogP contribution is 2.29. The van der Waals surface area contributed by atoms with Crippen LogP contribution in [0.5, 0.6) is 5.75 Å². The van der Waals surface area contributed by atoms with E-state index < -0.39 is 24.7 Å². The maximum absolute atomic E-state index is 12.7. The van der Waals surface area contributed by atoms with Crippen LogP contribution in [0.15, 0.2) is 21.3 Å². The van der Waals surface area contributed by atoms with Gasteiger partial charge in [-0.1, -0.05) is 0 Å². The van der Waals surface area contributed by atoms with Crippen LogP contribution in [0, 0.1) is 0 Å². The van der Waals surface area contributed by atoms with E-state index in [1.54, 1.807) is 0 Å². The number of oxazole rings is 1. The van der Waals surface area contributed by atoms with Crippen molar-refractivity contribution in [2.75, 3.05) is 12.3 Å². The van der Waals surface area contributed by atoms with E-state index in [-0.39, 0.29) is 22.5 Å².